The quantitative estimate of drug-likeness (QED) is 0.563. The minimum atomic E-state index is -0.694. The summed E-state index contributed by atoms with van der Waals surface area (Å²) in [5.74, 6) is -0.645. The third-order valence-electron chi connectivity index (χ3n) is 4.42. The van der Waals surface area contributed by atoms with Crippen LogP contribution in [-0.4, -0.2) is 31.0 Å². The van der Waals surface area contributed by atoms with Crippen molar-refractivity contribution in [1.82, 2.24) is 0 Å². The van der Waals surface area contributed by atoms with Gasteiger partial charge in [-0.3, -0.25) is 9.59 Å². The highest BCUT2D eigenvalue weighted by Crippen LogP contribution is 2.18. The van der Waals surface area contributed by atoms with E-state index in [1.807, 2.05) is 18.2 Å². The van der Waals surface area contributed by atoms with E-state index in [-0.39, 0.29) is 11.5 Å². The molecule has 7 heteroatoms. The van der Waals surface area contributed by atoms with Gasteiger partial charge in [0, 0.05) is 11.3 Å². The average molecular weight is 418 g/mol. The second-order valence-electron chi connectivity index (χ2n) is 6.63. The molecular formula is C24H22N2O5. The van der Waals surface area contributed by atoms with Crippen LogP contribution in [0, 0.1) is 0 Å². The summed E-state index contributed by atoms with van der Waals surface area (Å²) >= 11 is 0. The molecule has 0 bridgehead atoms. The van der Waals surface area contributed by atoms with E-state index in [4.69, 9.17) is 9.47 Å². The first-order chi connectivity index (χ1) is 15.0. The fourth-order valence-corrected chi connectivity index (χ4v) is 2.78. The number of ether oxygens (including phenoxy) is 2. The highest BCUT2D eigenvalue weighted by atomic mass is 16.5. The largest absolute Gasteiger partial charge is 0.481 e. The first-order valence-electron chi connectivity index (χ1n) is 9.59. The maximum atomic E-state index is 12.6. The van der Waals surface area contributed by atoms with Gasteiger partial charge in [-0.2, -0.15) is 0 Å². The monoisotopic (exact) mass is 418 g/mol. The molecule has 0 fully saturated rings. The van der Waals surface area contributed by atoms with Gasteiger partial charge in [-0.05, 0) is 55.5 Å². The van der Waals surface area contributed by atoms with Gasteiger partial charge in [0.1, 0.15) is 5.75 Å². The predicted octanol–water partition coefficient (Wildman–Crippen LogP) is 4.13. The Morgan fingerprint density at radius 3 is 2.13 bits per heavy atom. The van der Waals surface area contributed by atoms with Crippen LogP contribution in [-0.2, 0) is 9.53 Å². The minimum Gasteiger partial charge on any atom is -0.481 e. The number of esters is 1. The molecule has 0 unspecified atom stereocenters. The van der Waals surface area contributed by atoms with Crippen molar-refractivity contribution in [3.63, 3.8) is 0 Å². The Morgan fingerprint density at radius 1 is 0.806 bits per heavy atom. The van der Waals surface area contributed by atoms with Crippen LogP contribution in [0.3, 0.4) is 0 Å². The molecule has 0 aliphatic rings. The second kappa shape index (κ2) is 10.1. The Bertz CT molecular complexity index is 1060. The van der Waals surface area contributed by atoms with Crippen LogP contribution in [0.4, 0.5) is 11.4 Å². The van der Waals surface area contributed by atoms with Gasteiger partial charge in [0.25, 0.3) is 11.8 Å². The molecule has 3 rings (SSSR count). The van der Waals surface area contributed by atoms with Crippen molar-refractivity contribution in [3.8, 4) is 5.75 Å². The third kappa shape index (κ3) is 5.70. The number of carbonyl (C=O) groups excluding carboxylic acids is 3. The molecule has 7 nitrogen and oxygen atoms in total. The molecule has 0 saturated heterocycles. The molecule has 0 heterocycles. The van der Waals surface area contributed by atoms with Crippen molar-refractivity contribution >= 4 is 29.2 Å². The highest BCUT2D eigenvalue weighted by molar-refractivity contribution is 6.08. The smallest absolute Gasteiger partial charge is 0.339 e. The molecule has 158 valence electrons. The van der Waals surface area contributed by atoms with Crippen molar-refractivity contribution in [2.75, 3.05) is 17.7 Å². The average Bonchev–Trinajstić information content (AvgIpc) is 2.80. The van der Waals surface area contributed by atoms with Crippen LogP contribution in [0.2, 0.25) is 0 Å². The van der Waals surface area contributed by atoms with Crippen LogP contribution in [0.1, 0.15) is 27.6 Å². The summed E-state index contributed by atoms with van der Waals surface area (Å²) in [6.45, 7) is 1.66. The molecule has 0 aliphatic carbocycles. The Hall–Kier alpha value is -4.13. The molecule has 3 aromatic carbocycles. The van der Waals surface area contributed by atoms with Crippen LogP contribution >= 0.6 is 0 Å². The lowest BCUT2D eigenvalue weighted by molar-refractivity contribution is -0.122. The van der Waals surface area contributed by atoms with E-state index in [9.17, 15) is 14.4 Å². The van der Waals surface area contributed by atoms with Gasteiger partial charge in [-0.25, -0.2) is 4.79 Å². The Labute approximate surface area is 180 Å². The summed E-state index contributed by atoms with van der Waals surface area (Å²) < 4.78 is 10.3. The van der Waals surface area contributed by atoms with E-state index in [2.05, 4.69) is 10.6 Å². The van der Waals surface area contributed by atoms with Crippen molar-refractivity contribution in [3.05, 3.63) is 90.0 Å². The minimum absolute atomic E-state index is 0.259. The molecule has 0 radical (unpaired) electrons. The van der Waals surface area contributed by atoms with E-state index < -0.39 is 18.0 Å². The molecule has 0 aliphatic heterocycles. The summed E-state index contributed by atoms with van der Waals surface area (Å²) in [5, 5.41) is 5.45. The van der Waals surface area contributed by atoms with Gasteiger partial charge in [0.15, 0.2) is 6.10 Å². The molecule has 3 aromatic rings. The molecule has 31 heavy (non-hydrogen) atoms. The van der Waals surface area contributed by atoms with Gasteiger partial charge in [0.2, 0.25) is 0 Å². The zero-order valence-electron chi connectivity index (χ0n) is 17.1. The summed E-state index contributed by atoms with van der Waals surface area (Å²) in [5.41, 5.74) is 1.50. The Kier molecular flexibility index (Phi) is 7.01. The number of nitrogens with one attached hydrogen (secondary N) is 2. The molecule has 2 N–H and O–H groups in total. The molecular weight excluding hydrogens is 396 g/mol. The van der Waals surface area contributed by atoms with Gasteiger partial charge in [-0.1, -0.05) is 30.3 Å². The normalized spacial score (nSPS) is 11.2. The van der Waals surface area contributed by atoms with Gasteiger partial charge in [-0.15, -0.1) is 0 Å². The van der Waals surface area contributed by atoms with Crippen LogP contribution in [0.15, 0.2) is 78.9 Å². The number of para-hydroxylation sites is 2. The Balaban J connectivity index is 1.62. The number of rotatable bonds is 7. The number of methoxy groups -OCH3 is 1. The zero-order chi connectivity index (χ0) is 22.2. The third-order valence-corrected chi connectivity index (χ3v) is 4.42. The molecule has 2 amide bonds. The lowest BCUT2D eigenvalue weighted by atomic mass is 10.1. The zero-order valence-corrected chi connectivity index (χ0v) is 17.1. The number of benzene rings is 3. The van der Waals surface area contributed by atoms with Crippen molar-refractivity contribution in [1.29, 1.82) is 0 Å². The van der Waals surface area contributed by atoms with Crippen LogP contribution in [0.5, 0.6) is 5.75 Å². The van der Waals surface area contributed by atoms with Gasteiger partial charge in [0.05, 0.1) is 18.4 Å². The van der Waals surface area contributed by atoms with Crippen LogP contribution < -0.4 is 15.4 Å². The molecule has 0 saturated carbocycles. The number of hydrogen-bond donors (Lipinski definition) is 2. The standard InChI is InChI=1S/C24H22N2O5/c1-16(31-19-8-4-3-5-9-19)22(27)25-18-14-12-17(13-15-18)23(28)26-21-11-7-6-10-20(21)24(29)30-2/h3-16H,1-2H3,(H,25,27)(H,26,28)/t16-/m0/s1. The van der Waals surface area contributed by atoms with E-state index >= 15 is 0 Å². The highest BCUT2D eigenvalue weighted by Gasteiger charge is 2.16. The number of amides is 2. The lowest BCUT2D eigenvalue weighted by Gasteiger charge is -2.15. The number of anilines is 2. The first-order valence-corrected chi connectivity index (χ1v) is 9.59. The fraction of sp³-hybridized carbons (Fsp3) is 0.125. The van der Waals surface area contributed by atoms with E-state index in [0.29, 0.717) is 22.7 Å². The van der Waals surface area contributed by atoms with E-state index in [1.165, 1.54) is 7.11 Å². The fourth-order valence-electron chi connectivity index (χ4n) is 2.78. The topological polar surface area (TPSA) is 93.7 Å². The number of carbonyl (C=O) groups is 3. The maximum Gasteiger partial charge on any atom is 0.339 e. The van der Waals surface area contributed by atoms with E-state index in [1.54, 1.807) is 67.6 Å². The van der Waals surface area contributed by atoms with Crippen molar-refractivity contribution < 1.29 is 23.9 Å². The summed E-state index contributed by atoms with van der Waals surface area (Å²) in [4.78, 5) is 36.7. The van der Waals surface area contributed by atoms with Crippen molar-refractivity contribution in [2.24, 2.45) is 0 Å². The predicted molar refractivity (Wildman–Crippen MR) is 117 cm³/mol. The summed E-state index contributed by atoms with van der Waals surface area (Å²) in [6.07, 6.45) is -0.694. The van der Waals surface area contributed by atoms with Gasteiger partial charge < -0.3 is 20.1 Å². The SMILES string of the molecule is COC(=O)c1ccccc1NC(=O)c1ccc(NC(=O)[C@H](C)Oc2ccccc2)cc1. The molecule has 0 spiro atoms. The maximum absolute atomic E-state index is 12.6. The van der Waals surface area contributed by atoms with Gasteiger partial charge >= 0.3 is 5.97 Å². The van der Waals surface area contributed by atoms with Crippen LogP contribution in [0.25, 0.3) is 0 Å². The molecule has 1 atom stereocenters. The summed E-state index contributed by atoms with van der Waals surface area (Å²) in [6, 6.07) is 22.0. The lowest BCUT2D eigenvalue weighted by Crippen LogP contribution is -2.30. The second-order valence-corrected chi connectivity index (χ2v) is 6.63. The van der Waals surface area contributed by atoms with Crippen molar-refractivity contribution in [2.45, 2.75) is 13.0 Å². The van der Waals surface area contributed by atoms with E-state index in [0.717, 1.165) is 0 Å². The number of hydrogen-bond acceptors (Lipinski definition) is 5. The first kappa shape index (κ1) is 21.6. The Morgan fingerprint density at radius 2 is 1.45 bits per heavy atom. The summed E-state index contributed by atoms with van der Waals surface area (Å²) in [7, 11) is 1.28. The molecule has 0 aromatic heterocycles.